The Bertz CT molecular complexity index is 1230. The van der Waals surface area contributed by atoms with Crippen LogP contribution in [-0.4, -0.2) is 60.6 Å². The number of hydrogen-bond donors (Lipinski definition) is 0. The number of carbonyl (C=O) groups is 2. The molecule has 0 aromatic carbocycles. The van der Waals surface area contributed by atoms with Gasteiger partial charge in [0, 0.05) is 32.0 Å². The molecule has 1 atom stereocenters. The highest BCUT2D eigenvalue weighted by atomic mass is 16.2. The molecule has 8 nitrogen and oxygen atoms in total. The van der Waals surface area contributed by atoms with Crippen LogP contribution in [0.2, 0.25) is 0 Å². The van der Waals surface area contributed by atoms with Crippen molar-refractivity contribution in [1.29, 1.82) is 0 Å². The molecule has 5 heterocycles. The van der Waals surface area contributed by atoms with Crippen LogP contribution in [0.1, 0.15) is 81.8 Å². The Morgan fingerprint density at radius 2 is 1.73 bits per heavy atom. The first-order valence-corrected chi connectivity index (χ1v) is 11.8. The quantitative estimate of drug-likeness (QED) is 0.613. The van der Waals surface area contributed by atoms with Crippen molar-refractivity contribution in [2.24, 2.45) is 0 Å². The van der Waals surface area contributed by atoms with Gasteiger partial charge in [-0.15, -0.1) is 0 Å². The number of amides is 2. The van der Waals surface area contributed by atoms with Crippen LogP contribution in [0, 0.1) is 20.8 Å². The van der Waals surface area contributed by atoms with Crippen LogP contribution in [-0.2, 0) is 0 Å². The first-order chi connectivity index (χ1) is 16.0. The maximum atomic E-state index is 13.7. The Morgan fingerprint density at radius 1 is 0.939 bits per heavy atom. The van der Waals surface area contributed by atoms with Crippen molar-refractivity contribution >= 4 is 17.5 Å². The van der Waals surface area contributed by atoms with Crippen LogP contribution in [0.15, 0.2) is 24.5 Å². The minimum Gasteiger partial charge on any atom is -0.339 e. The van der Waals surface area contributed by atoms with Crippen molar-refractivity contribution in [1.82, 2.24) is 29.2 Å². The smallest absolute Gasteiger partial charge is 0.273 e. The lowest BCUT2D eigenvalue weighted by molar-refractivity contribution is 0.0708. The van der Waals surface area contributed by atoms with Gasteiger partial charge in [0.15, 0.2) is 5.82 Å². The summed E-state index contributed by atoms with van der Waals surface area (Å²) < 4.78 is 1.88. The lowest BCUT2D eigenvalue weighted by Gasteiger charge is -2.27. The van der Waals surface area contributed by atoms with Gasteiger partial charge in [0.1, 0.15) is 11.3 Å². The second kappa shape index (κ2) is 8.57. The number of nitrogens with zero attached hydrogens (tertiary/aromatic N) is 6. The molecule has 0 unspecified atom stereocenters. The Kier molecular flexibility index (Phi) is 5.60. The van der Waals surface area contributed by atoms with Crippen LogP contribution < -0.4 is 0 Å². The molecule has 0 saturated carbocycles. The summed E-state index contributed by atoms with van der Waals surface area (Å²) in [5.74, 6) is 0.564. The van der Waals surface area contributed by atoms with Crippen LogP contribution >= 0.6 is 0 Å². The Morgan fingerprint density at radius 3 is 2.48 bits per heavy atom. The summed E-state index contributed by atoms with van der Waals surface area (Å²) in [6.07, 6.45) is 8.51. The van der Waals surface area contributed by atoms with Crippen molar-refractivity contribution < 1.29 is 9.59 Å². The fourth-order valence-corrected chi connectivity index (χ4v) is 5.11. The molecule has 2 aliphatic rings. The molecule has 0 spiro atoms. The summed E-state index contributed by atoms with van der Waals surface area (Å²) in [5, 5.41) is 0. The zero-order chi connectivity index (χ0) is 23.1. The molecule has 172 valence electrons. The highest BCUT2D eigenvalue weighted by Gasteiger charge is 2.35. The minimum atomic E-state index is -0.204. The summed E-state index contributed by atoms with van der Waals surface area (Å²) in [4.78, 5) is 44.3. The van der Waals surface area contributed by atoms with E-state index < -0.39 is 0 Å². The molecule has 8 heteroatoms. The lowest BCUT2D eigenvalue weighted by Crippen LogP contribution is -2.36. The molecule has 3 aromatic heterocycles. The number of carbonyl (C=O) groups excluding carboxylic acids is 2. The maximum absolute atomic E-state index is 13.7. The summed E-state index contributed by atoms with van der Waals surface area (Å²) in [6.45, 7) is 7.98. The summed E-state index contributed by atoms with van der Waals surface area (Å²) in [7, 11) is 0. The number of aryl methyl sites for hydroxylation is 3. The van der Waals surface area contributed by atoms with Crippen LogP contribution in [0.3, 0.4) is 0 Å². The SMILES string of the molecule is Cc1nc([C@@H]2CCCN2C(=O)c2c(C)nc3c(C)cccn23)ncc1C(=O)N1CCCCC1. The molecule has 0 aliphatic carbocycles. The van der Waals surface area contributed by atoms with E-state index in [1.807, 2.05) is 53.3 Å². The number of imidazole rings is 1. The van der Waals surface area contributed by atoms with Gasteiger partial charge in [-0.05, 0) is 64.5 Å². The largest absolute Gasteiger partial charge is 0.339 e. The normalized spacial score (nSPS) is 18.8. The Labute approximate surface area is 193 Å². The number of pyridine rings is 1. The highest BCUT2D eigenvalue weighted by molar-refractivity contribution is 5.96. The van der Waals surface area contributed by atoms with E-state index in [1.165, 1.54) is 6.42 Å². The molecule has 2 fully saturated rings. The molecule has 5 rings (SSSR count). The van der Waals surface area contributed by atoms with Crippen molar-refractivity contribution in [2.75, 3.05) is 19.6 Å². The predicted molar refractivity (Wildman–Crippen MR) is 124 cm³/mol. The monoisotopic (exact) mass is 446 g/mol. The van der Waals surface area contributed by atoms with E-state index in [0.717, 1.165) is 55.7 Å². The zero-order valence-electron chi connectivity index (χ0n) is 19.5. The molecule has 33 heavy (non-hydrogen) atoms. The molecule has 0 bridgehead atoms. The van der Waals surface area contributed by atoms with Gasteiger partial charge < -0.3 is 9.80 Å². The van der Waals surface area contributed by atoms with Crippen molar-refractivity contribution in [3.05, 3.63) is 58.6 Å². The van der Waals surface area contributed by atoms with E-state index in [9.17, 15) is 9.59 Å². The van der Waals surface area contributed by atoms with Crippen LogP contribution in [0.25, 0.3) is 5.65 Å². The summed E-state index contributed by atoms with van der Waals surface area (Å²) in [6, 6.07) is 3.73. The van der Waals surface area contributed by atoms with Crippen molar-refractivity contribution in [3.8, 4) is 0 Å². The van der Waals surface area contributed by atoms with E-state index in [0.29, 0.717) is 29.3 Å². The van der Waals surface area contributed by atoms with Gasteiger partial charge in [0.25, 0.3) is 11.8 Å². The topological polar surface area (TPSA) is 83.7 Å². The first kappa shape index (κ1) is 21.6. The molecule has 0 N–H and O–H groups in total. The maximum Gasteiger partial charge on any atom is 0.273 e. The van der Waals surface area contributed by atoms with Crippen molar-refractivity contribution in [2.45, 2.75) is 58.9 Å². The molecule has 0 radical (unpaired) electrons. The van der Waals surface area contributed by atoms with Gasteiger partial charge in [0.2, 0.25) is 0 Å². The standard InChI is InChI=1S/C25H30N6O2/c1-16-9-7-14-31-21(18(3)28-23(16)31)25(33)30-13-8-10-20(30)22-26-15-19(17(2)27-22)24(32)29-11-5-4-6-12-29/h7,9,14-15,20H,4-6,8,10-13H2,1-3H3/t20-/m0/s1. The van der Waals surface area contributed by atoms with Gasteiger partial charge in [0.05, 0.1) is 23.0 Å². The van der Waals surface area contributed by atoms with Crippen LogP contribution in [0.4, 0.5) is 0 Å². The summed E-state index contributed by atoms with van der Waals surface area (Å²) >= 11 is 0. The third-order valence-corrected chi connectivity index (χ3v) is 6.91. The molecule has 2 saturated heterocycles. The molecule has 2 aliphatic heterocycles. The van der Waals surface area contributed by atoms with E-state index in [-0.39, 0.29) is 17.9 Å². The number of fused-ring (bicyclic) bond motifs is 1. The second-order valence-electron chi connectivity index (χ2n) is 9.17. The number of likely N-dealkylation sites (tertiary alicyclic amines) is 2. The lowest BCUT2D eigenvalue weighted by atomic mass is 10.1. The van der Waals surface area contributed by atoms with Gasteiger partial charge in [-0.1, -0.05) is 6.07 Å². The van der Waals surface area contributed by atoms with Gasteiger partial charge in [-0.2, -0.15) is 0 Å². The number of piperidine rings is 1. The average Bonchev–Trinajstić information content (AvgIpc) is 3.44. The minimum absolute atomic E-state index is 0.00910. The van der Waals surface area contributed by atoms with Gasteiger partial charge >= 0.3 is 0 Å². The molecular formula is C25H30N6O2. The van der Waals surface area contributed by atoms with E-state index in [4.69, 9.17) is 4.98 Å². The van der Waals surface area contributed by atoms with E-state index >= 15 is 0 Å². The van der Waals surface area contributed by atoms with Gasteiger partial charge in [-0.3, -0.25) is 14.0 Å². The third kappa shape index (κ3) is 3.77. The predicted octanol–water partition coefficient (Wildman–Crippen LogP) is 3.65. The van der Waals surface area contributed by atoms with E-state index in [1.54, 1.807) is 6.20 Å². The Hall–Kier alpha value is -3.29. The number of hydrogen-bond acceptors (Lipinski definition) is 5. The third-order valence-electron chi connectivity index (χ3n) is 6.91. The zero-order valence-corrected chi connectivity index (χ0v) is 19.5. The van der Waals surface area contributed by atoms with Crippen LogP contribution in [0.5, 0.6) is 0 Å². The fraction of sp³-hybridized carbons (Fsp3) is 0.480. The average molecular weight is 447 g/mol. The van der Waals surface area contributed by atoms with Gasteiger partial charge in [-0.25, -0.2) is 15.0 Å². The number of rotatable bonds is 3. The molecule has 2 amide bonds. The second-order valence-corrected chi connectivity index (χ2v) is 9.17. The fourth-order valence-electron chi connectivity index (χ4n) is 5.11. The van der Waals surface area contributed by atoms with E-state index in [2.05, 4.69) is 9.97 Å². The number of aromatic nitrogens is 4. The highest BCUT2D eigenvalue weighted by Crippen LogP contribution is 2.32. The molecular weight excluding hydrogens is 416 g/mol. The first-order valence-electron chi connectivity index (χ1n) is 11.8. The molecule has 3 aromatic rings. The summed E-state index contributed by atoms with van der Waals surface area (Å²) in [5.41, 5.74) is 4.39. The van der Waals surface area contributed by atoms with Crippen molar-refractivity contribution in [3.63, 3.8) is 0 Å². The Balaban J connectivity index is 1.43.